The second-order valence-corrected chi connectivity index (χ2v) is 6.45. The van der Waals surface area contributed by atoms with Crippen LogP contribution in [0.4, 0.5) is 26.3 Å². The number of para-hydroxylation sites is 1. The Morgan fingerprint density at radius 2 is 1.85 bits per heavy atom. The first kappa shape index (κ1) is 19.6. The Hall–Kier alpha value is -2.16. The van der Waals surface area contributed by atoms with Gasteiger partial charge in [-0.15, -0.1) is 0 Å². The molecule has 0 amide bonds. The Morgan fingerprint density at radius 1 is 1.15 bits per heavy atom. The largest absolute Gasteiger partial charge is 0.433 e. The fourth-order valence-electron chi connectivity index (χ4n) is 3.58. The van der Waals surface area contributed by atoms with E-state index in [4.69, 9.17) is 0 Å². The minimum atomic E-state index is -4.95. The summed E-state index contributed by atoms with van der Waals surface area (Å²) in [6.45, 7) is 0. The zero-order valence-electron chi connectivity index (χ0n) is 14.2. The summed E-state index contributed by atoms with van der Waals surface area (Å²) >= 11 is 0. The van der Waals surface area contributed by atoms with E-state index in [0.717, 1.165) is 6.07 Å². The van der Waals surface area contributed by atoms with E-state index in [2.05, 4.69) is 9.98 Å². The maximum absolute atomic E-state index is 13.3. The van der Waals surface area contributed by atoms with Gasteiger partial charge in [0, 0.05) is 24.1 Å². The minimum absolute atomic E-state index is 0.146. The predicted octanol–water partition coefficient (Wildman–Crippen LogP) is 5.18. The summed E-state index contributed by atoms with van der Waals surface area (Å²) in [4.78, 5) is 7.30. The van der Waals surface area contributed by atoms with Gasteiger partial charge in [0.1, 0.15) is 5.69 Å². The highest BCUT2D eigenvalue weighted by Crippen LogP contribution is 2.42. The van der Waals surface area contributed by atoms with Gasteiger partial charge in [-0.1, -0.05) is 12.1 Å². The van der Waals surface area contributed by atoms with E-state index in [1.54, 1.807) is 0 Å². The fraction of sp³-hybridized carbons (Fsp3) is 0.444. The van der Waals surface area contributed by atoms with Crippen molar-refractivity contribution in [2.75, 3.05) is 7.05 Å². The number of aliphatic imine (C=N–C) groups is 1. The van der Waals surface area contributed by atoms with Crippen molar-refractivity contribution in [3.8, 4) is 0 Å². The predicted molar refractivity (Wildman–Crippen MR) is 87.4 cm³/mol. The molecule has 9 heteroatoms. The van der Waals surface area contributed by atoms with Crippen molar-refractivity contribution in [1.29, 1.82) is 0 Å². The molecular weight excluding hydrogens is 374 g/mol. The van der Waals surface area contributed by atoms with Crippen molar-refractivity contribution < 1.29 is 31.4 Å². The molecule has 0 bridgehead atoms. The zero-order chi connectivity index (χ0) is 20.0. The molecule has 1 N–H and O–H groups in total. The molecule has 0 aliphatic heterocycles. The molecule has 27 heavy (non-hydrogen) atoms. The topological polar surface area (TPSA) is 45.5 Å². The minimum Gasteiger partial charge on any atom is -0.388 e. The zero-order valence-corrected chi connectivity index (χ0v) is 14.2. The van der Waals surface area contributed by atoms with Crippen LogP contribution in [0.1, 0.15) is 42.2 Å². The Bertz CT molecular complexity index is 888. The number of halogens is 6. The average Bonchev–Trinajstić information content (AvgIpc) is 3.06. The van der Waals surface area contributed by atoms with E-state index >= 15 is 0 Å². The van der Waals surface area contributed by atoms with E-state index in [-0.39, 0.29) is 10.9 Å². The third-order valence-electron chi connectivity index (χ3n) is 4.83. The number of hydrogen-bond acceptors (Lipinski definition) is 3. The second kappa shape index (κ2) is 6.78. The molecule has 0 saturated heterocycles. The molecule has 0 spiro atoms. The monoisotopic (exact) mass is 390 g/mol. The van der Waals surface area contributed by atoms with Crippen LogP contribution in [0.25, 0.3) is 10.9 Å². The van der Waals surface area contributed by atoms with Crippen LogP contribution in [0.5, 0.6) is 0 Å². The standard InChI is InChI=1S/C18H16F6N2O/c1-25-13-7-3-5-10(13)16(27)11-8-14(18(22,23)24)26-15-9(11)4-2-6-12(15)17(19,20)21/h2,4,6,8,10,16,27H,3,5,7H2,1H3/t10-,16-/m1/s1. The van der Waals surface area contributed by atoms with Gasteiger partial charge in [0.2, 0.25) is 0 Å². The molecular formula is C18H16F6N2O. The first-order valence-corrected chi connectivity index (χ1v) is 8.25. The van der Waals surface area contributed by atoms with E-state index < -0.39 is 41.1 Å². The lowest BCUT2D eigenvalue weighted by Gasteiger charge is -2.23. The SMILES string of the molecule is CN=C1CCC[C@H]1[C@@H](O)c1cc(C(F)(F)F)nc2c(C(F)(F)F)cccc12. The van der Waals surface area contributed by atoms with Crippen LogP contribution in [-0.4, -0.2) is 22.8 Å². The summed E-state index contributed by atoms with van der Waals surface area (Å²) in [5.74, 6) is -0.531. The van der Waals surface area contributed by atoms with Gasteiger partial charge in [0.15, 0.2) is 0 Å². The normalized spacial score (nSPS) is 21.2. The smallest absolute Gasteiger partial charge is 0.388 e. The molecule has 3 rings (SSSR count). The summed E-state index contributed by atoms with van der Waals surface area (Å²) in [6.07, 6.45) is -9.42. The van der Waals surface area contributed by atoms with Gasteiger partial charge in [-0.2, -0.15) is 26.3 Å². The molecule has 1 fully saturated rings. The summed E-state index contributed by atoms with van der Waals surface area (Å²) in [5, 5.41) is 10.6. The van der Waals surface area contributed by atoms with Gasteiger partial charge >= 0.3 is 12.4 Å². The van der Waals surface area contributed by atoms with E-state index in [1.165, 1.54) is 13.1 Å². The average molecular weight is 390 g/mol. The summed E-state index contributed by atoms with van der Waals surface area (Å²) in [6, 6.07) is 3.66. The van der Waals surface area contributed by atoms with Gasteiger partial charge in [-0.3, -0.25) is 4.99 Å². The van der Waals surface area contributed by atoms with Crippen molar-refractivity contribution in [3.05, 3.63) is 41.1 Å². The highest BCUT2D eigenvalue weighted by molar-refractivity contribution is 5.91. The lowest BCUT2D eigenvalue weighted by molar-refractivity contribution is -0.142. The number of aliphatic hydroxyl groups excluding tert-OH is 1. The number of pyridine rings is 1. The molecule has 1 aliphatic rings. The van der Waals surface area contributed by atoms with Crippen LogP contribution < -0.4 is 0 Å². The van der Waals surface area contributed by atoms with Gasteiger partial charge in [0.25, 0.3) is 0 Å². The van der Waals surface area contributed by atoms with Crippen molar-refractivity contribution in [2.24, 2.45) is 10.9 Å². The molecule has 1 aromatic carbocycles. The number of aromatic nitrogens is 1. The summed E-state index contributed by atoms with van der Waals surface area (Å²) in [5.41, 5.74) is -3.12. The van der Waals surface area contributed by atoms with Crippen LogP contribution in [0, 0.1) is 5.92 Å². The van der Waals surface area contributed by atoms with Crippen LogP contribution in [0.15, 0.2) is 29.3 Å². The lowest BCUT2D eigenvalue weighted by Crippen LogP contribution is -2.19. The molecule has 2 atom stereocenters. The Labute approximate surface area is 150 Å². The van der Waals surface area contributed by atoms with Crippen molar-refractivity contribution in [3.63, 3.8) is 0 Å². The highest BCUT2D eigenvalue weighted by Gasteiger charge is 2.39. The van der Waals surface area contributed by atoms with E-state index in [9.17, 15) is 31.4 Å². The fourth-order valence-corrected chi connectivity index (χ4v) is 3.58. The van der Waals surface area contributed by atoms with Gasteiger partial charge < -0.3 is 5.11 Å². The number of hydrogen-bond donors (Lipinski definition) is 1. The molecule has 1 aliphatic carbocycles. The van der Waals surface area contributed by atoms with Crippen molar-refractivity contribution in [1.82, 2.24) is 4.98 Å². The second-order valence-electron chi connectivity index (χ2n) is 6.45. The Morgan fingerprint density at radius 3 is 2.44 bits per heavy atom. The molecule has 1 saturated carbocycles. The molecule has 146 valence electrons. The van der Waals surface area contributed by atoms with Crippen molar-refractivity contribution in [2.45, 2.75) is 37.7 Å². The van der Waals surface area contributed by atoms with E-state index in [1.807, 2.05) is 0 Å². The molecule has 3 nitrogen and oxygen atoms in total. The highest BCUT2D eigenvalue weighted by atomic mass is 19.4. The number of nitrogens with zero attached hydrogens (tertiary/aromatic N) is 2. The van der Waals surface area contributed by atoms with Gasteiger partial charge in [0.05, 0.1) is 17.2 Å². The van der Waals surface area contributed by atoms with Gasteiger partial charge in [-0.25, -0.2) is 4.98 Å². The summed E-state index contributed by atoms with van der Waals surface area (Å²) < 4.78 is 79.7. The summed E-state index contributed by atoms with van der Waals surface area (Å²) in [7, 11) is 1.52. The third kappa shape index (κ3) is 3.65. The molecule has 0 unspecified atom stereocenters. The van der Waals surface area contributed by atoms with Crippen molar-refractivity contribution >= 4 is 16.6 Å². The molecule has 2 aromatic rings. The third-order valence-corrected chi connectivity index (χ3v) is 4.83. The maximum Gasteiger partial charge on any atom is 0.433 e. The molecule has 1 aromatic heterocycles. The Balaban J connectivity index is 2.28. The quantitative estimate of drug-likeness (QED) is 0.719. The molecule has 1 heterocycles. The maximum atomic E-state index is 13.3. The number of benzene rings is 1. The lowest BCUT2D eigenvalue weighted by atomic mass is 9.90. The van der Waals surface area contributed by atoms with Crippen LogP contribution >= 0.6 is 0 Å². The number of fused-ring (bicyclic) bond motifs is 1. The number of alkyl halides is 6. The Kier molecular flexibility index (Phi) is 4.92. The van der Waals surface area contributed by atoms with Gasteiger partial charge in [-0.05, 0) is 37.0 Å². The molecule has 0 radical (unpaired) electrons. The van der Waals surface area contributed by atoms with E-state index in [0.29, 0.717) is 37.1 Å². The van der Waals surface area contributed by atoms with Crippen LogP contribution in [0.2, 0.25) is 0 Å². The first-order chi connectivity index (χ1) is 12.5. The number of rotatable bonds is 2. The first-order valence-electron chi connectivity index (χ1n) is 8.25. The van der Waals surface area contributed by atoms with Crippen LogP contribution in [0.3, 0.4) is 0 Å². The van der Waals surface area contributed by atoms with Crippen LogP contribution in [-0.2, 0) is 12.4 Å². The number of aliphatic hydroxyl groups is 1.